The summed E-state index contributed by atoms with van der Waals surface area (Å²) in [7, 11) is 1.71. The minimum atomic E-state index is -4.07. The molecule has 3 heterocycles. The minimum absolute atomic E-state index is 0.0111. The van der Waals surface area contributed by atoms with Crippen molar-refractivity contribution in [2.45, 2.75) is 12.7 Å². The monoisotopic (exact) mass is 497 g/mol. The van der Waals surface area contributed by atoms with Crippen LogP contribution in [0.25, 0.3) is 16.9 Å². The van der Waals surface area contributed by atoms with Crippen LogP contribution in [-0.2, 0) is 18.4 Å². The number of rotatable bonds is 8. The van der Waals surface area contributed by atoms with Crippen LogP contribution in [0, 0.1) is 0 Å². The summed E-state index contributed by atoms with van der Waals surface area (Å²) in [6.07, 6.45) is -4.07. The summed E-state index contributed by atoms with van der Waals surface area (Å²) in [5.74, 6) is -0.842. The van der Waals surface area contributed by atoms with Gasteiger partial charge in [-0.3, -0.25) is 10.1 Å². The summed E-state index contributed by atoms with van der Waals surface area (Å²) in [4.78, 5) is 16.2. The molecule has 1 N–H and O–H groups in total. The number of anilines is 1. The Bertz CT molecular complexity index is 1480. The molecule has 0 fully saturated rings. The molecule has 5 rings (SSSR count). The van der Waals surface area contributed by atoms with Gasteiger partial charge in [-0.25, -0.2) is 14.2 Å². The molecule has 0 saturated carbocycles. The van der Waals surface area contributed by atoms with Gasteiger partial charge in [0.25, 0.3) is 5.95 Å². The topological polar surface area (TPSA) is 109 Å². The first-order valence-electron chi connectivity index (χ1n) is 10.2. The first-order chi connectivity index (χ1) is 16.9. The minimum Gasteiger partial charge on any atom is -0.472 e. The zero-order chi connectivity index (χ0) is 24.4. The summed E-state index contributed by atoms with van der Waals surface area (Å²) in [6.45, 7) is 0.0187. The molecule has 0 unspecified atom stereocenters. The summed E-state index contributed by atoms with van der Waals surface area (Å²) >= 11 is 0.990. The van der Waals surface area contributed by atoms with Crippen LogP contribution >= 0.6 is 11.3 Å². The van der Waals surface area contributed by atoms with Crippen LogP contribution in [0.1, 0.15) is 5.69 Å². The fourth-order valence-electron chi connectivity index (χ4n) is 3.29. The summed E-state index contributed by atoms with van der Waals surface area (Å²) in [5, 5.41) is 16.2. The summed E-state index contributed by atoms with van der Waals surface area (Å²) < 4.78 is 42.1. The van der Waals surface area contributed by atoms with E-state index in [2.05, 4.69) is 30.6 Å². The van der Waals surface area contributed by atoms with E-state index in [0.29, 0.717) is 17.5 Å². The number of para-hydroxylation sites is 2. The average molecular weight is 497 g/mol. The van der Waals surface area contributed by atoms with Gasteiger partial charge in [0.1, 0.15) is 12.4 Å². The third kappa shape index (κ3) is 4.66. The lowest BCUT2D eigenvalue weighted by molar-refractivity contribution is -0.187. The number of aromatic nitrogens is 6. The molecule has 2 aromatic carbocycles. The Balaban J connectivity index is 1.29. The van der Waals surface area contributed by atoms with E-state index in [0.717, 1.165) is 22.2 Å². The molecule has 1 amide bonds. The molecule has 35 heavy (non-hydrogen) atoms. The van der Waals surface area contributed by atoms with E-state index in [9.17, 15) is 13.6 Å². The van der Waals surface area contributed by atoms with Crippen LogP contribution in [0.2, 0.25) is 0 Å². The van der Waals surface area contributed by atoms with Gasteiger partial charge in [0.15, 0.2) is 5.13 Å². The van der Waals surface area contributed by atoms with Crippen molar-refractivity contribution in [2.75, 3.05) is 5.32 Å². The third-order valence-electron chi connectivity index (χ3n) is 4.87. The number of nitrogens with one attached hydrogen (secondary N) is 1. The molecule has 0 aliphatic rings. The Hall–Kier alpha value is -4.39. The van der Waals surface area contributed by atoms with E-state index in [4.69, 9.17) is 4.74 Å². The van der Waals surface area contributed by atoms with Crippen LogP contribution in [0.15, 0.2) is 66.0 Å². The maximum absolute atomic E-state index is 14.2. The van der Waals surface area contributed by atoms with E-state index in [1.54, 1.807) is 23.1 Å². The molecule has 0 saturated heterocycles. The number of alkyl halides is 2. The first-order valence-corrected chi connectivity index (χ1v) is 11.1. The number of aryl methyl sites for hydroxylation is 1. The Kier molecular flexibility index (Phi) is 5.82. The van der Waals surface area contributed by atoms with Crippen molar-refractivity contribution in [1.29, 1.82) is 0 Å². The van der Waals surface area contributed by atoms with Gasteiger partial charge in [-0.1, -0.05) is 41.5 Å². The number of hydrogen-bond donors (Lipinski definition) is 1. The van der Waals surface area contributed by atoms with Gasteiger partial charge >= 0.3 is 12.0 Å². The number of thiazole rings is 1. The molecule has 3 aromatic heterocycles. The number of tetrazole rings is 1. The van der Waals surface area contributed by atoms with Crippen molar-refractivity contribution in [3.63, 3.8) is 0 Å². The molecule has 10 nitrogen and oxygen atoms in total. The third-order valence-corrected chi connectivity index (χ3v) is 5.68. The lowest BCUT2D eigenvalue weighted by Crippen LogP contribution is -2.39. The molecule has 0 atom stereocenters. The van der Waals surface area contributed by atoms with E-state index >= 15 is 0 Å². The van der Waals surface area contributed by atoms with Crippen LogP contribution < -0.4 is 14.8 Å². The predicted octanol–water partition coefficient (Wildman–Crippen LogP) is 3.80. The largest absolute Gasteiger partial charge is 0.482 e. The van der Waals surface area contributed by atoms with Crippen LogP contribution in [0.3, 0.4) is 0 Å². The van der Waals surface area contributed by atoms with Gasteiger partial charge in [-0.2, -0.15) is 8.78 Å². The van der Waals surface area contributed by atoms with Crippen molar-refractivity contribution in [1.82, 2.24) is 29.8 Å². The van der Waals surface area contributed by atoms with E-state index in [1.807, 2.05) is 30.3 Å². The second-order valence-corrected chi connectivity index (χ2v) is 8.16. The Morgan fingerprint density at radius 3 is 2.69 bits per heavy atom. The van der Waals surface area contributed by atoms with Gasteiger partial charge in [-0.15, -0.1) is 11.3 Å². The lowest BCUT2D eigenvalue weighted by Gasteiger charge is -2.16. The molecule has 0 aliphatic carbocycles. The molecule has 0 radical (unpaired) electrons. The molecule has 13 heteroatoms. The van der Waals surface area contributed by atoms with Crippen LogP contribution in [0.4, 0.5) is 13.9 Å². The average Bonchev–Trinajstić information content (AvgIpc) is 3.56. The zero-order valence-corrected chi connectivity index (χ0v) is 18.9. The quantitative estimate of drug-likeness (QED) is 0.347. The molecule has 0 spiro atoms. The standard InChI is InChI=1S/C22H17F2N7O3S/c1-30-21(27-28-29-30)31-17-10-6-5-7-14(17)11-18(31)33-12-15-13-35-20(25-15)26-19(32)22(23,24)34-16-8-3-2-4-9-16/h2-11,13H,12H2,1H3,(H,25,26,32). The highest BCUT2D eigenvalue weighted by Gasteiger charge is 2.42. The number of benzene rings is 2. The van der Waals surface area contributed by atoms with Crippen LogP contribution in [0.5, 0.6) is 11.6 Å². The molecule has 5 aromatic rings. The number of ether oxygens (including phenoxy) is 2. The predicted molar refractivity (Wildman–Crippen MR) is 123 cm³/mol. The van der Waals surface area contributed by atoms with Gasteiger partial charge in [-0.05, 0) is 28.6 Å². The number of amides is 1. The SMILES string of the molecule is Cn1nnnc1-n1c(OCc2csc(NC(=O)C(F)(F)Oc3ccccc3)n2)cc2ccccc21. The summed E-state index contributed by atoms with van der Waals surface area (Å²) in [5.41, 5.74) is 1.28. The van der Waals surface area contributed by atoms with E-state index in [1.165, 1.54) is 28.9 Å². The number of hydrogen-bond acceptors (Lipinski definition) is 8. The second kappa shape index (κ2) is 9.10. The first kappa shape index (κ1) is 22.4. The Morgan fingerprint density at radius 2 is 1.91 bits per heavy atom. The number of halogens is 2. The highest BCUT2D eigenvalue weighted by molar-refractivity contribution is 7.13. The zero-order valence-electron chi connectivity index (χ0n) is 18.1. The van der Waals surface area contributed by atoms with E-state index < -0.39 is 12.0 Å². The van der Waals surface area contributed by atoms with E-state index in [-0.39, 0.29) is 17.5 Å². The number of carbonyl (C=O) groups is 1. The van der Waals surface area contributed by atoms with Crippen molar-refractivity contribution >= 4 is 33.3 Å². The lowest BCUT2D eigenvalue weighted by atomic mass is 10.2. The van der Waals surface area contributed by atoms with Crippen molar-refractivity contribution in [3.8, 4) is 17.6 Å². The summed E-state index contributed by atoms with van der Waals surface area (Å²) in [6, 6.07) is 16.8. The Labute approximate surface area is 200 Å². The van der Waals surface area contributed by atoms with Gasteiger partial charge < -0.3 is 9.47 Å². The van der Waals surface area contributed by atoms with Gasteiger partial charge in [0.05, 0.1) is 11.2 Å². The molecular weight excluding hydrogens is 480 g/mol. The maximum Gasteiger partial charge on any atom is 0.482 e. The number of nitrogens with zero attached hydrogens (tertiary/aromatic N) is 6. The van der Waals surface area contributed by atoms with Crippen molar-refractivity contribution < 1.29 is 23.0 Å². The van der Waals surface area contributed by atoms with Crippen molar-refractivity contribution in [2.24, 2.45) is 7.05 Å². The Morgan fingerprint density at radius 1 is 1.14 bits per heavy atom. The number of carbonyl (C=O) groups excluding carboxylic acids is 1. The maximum atomic E-state index is 14.2. The fraction of sp³-hybridized carbons (Fsp3) is 0.136. The molecule has 0 bridgehead atoms. The molecule has 178 valence electrons. The van der Waals surface area contributed by atoms with Crippen molar-refractivity contribution in [3.05, 3.63) is 71.7 Å². The highest BCUT2D eigenvalue weighted by Crippen LogP contribution is 2.29. The molecular formula is C22H17F2N7O3S. The smallest absolute Gasteiger partial charge is 0.472 e. The number of fused-ring (bicyclic) bond motifs is 1. The van der Waals surface area contributed by atoms with Gasteiger partial charge in [0, 0.05) is 23.9 Å². The van der Waals surface area contributed by atoms with Crippen LogP contribution in [-0.4, -0.2) is 41.8 Å². The molecule has 0 aliphatic heterocycles. The fourth-order valence-corrected chi connectivity index (χ4v) is 3.98. The normalized spacial score (nSPS) is 11.5. The highest BCUT2D eigenvalue weighted by atomic mass is 32.1. The van der Waals surface area contributed by atoms with Gasteiger partial charge in [0.2, 0.25) is 5.88 Å². The second-order valence-electron chi connectivity index (χ2n) is 7.30.